The van der Waals surface area contributed by atoms with Gasteiger partial charge in [-0.25, -0.2) is 14.6 Å². The number of hydrogen-bond donors (Lipinski definition) is 3. The van der Waals surface area contributed by atoms with Gasteiger partial charge in [-0.05, 0) is 12.1 Å². The van der Waals surface area contributed by atoms with Gasteiger partial charge in [0, 0.05) is 37.6 Å². The number of carboxylic acids is 1. The molecule has 11 heteroatoms. The molecule has 8 nitrogen and oxygen atoms in total. The number of furan rings is 1. The lowest BCUT2D eigenvalue weighted by Crippen LogP contribution is -2.28. The fourth-order valence-corrected chi connectivity index (χ4v) is 2.12. The van der Waals surface area contributed by atoms with E-state index in [0.717, 1.165) is 16.7 Å². The number of nitrogens with one attached hydrogen (secondary N) is 2. The van der Waals surface area contributed by atoms with E-state index in [4.69, 9.17) is 9.52 Å². The van der Waals surface area contributed by atoms with Crippen molar-refractivity contribution in [2.75, 3.05) is 14.1 Å². The maximum Gasteiger partial charge on any atom is 0.420 e. The minimum absolute atomic E-state index is 0.157. The van der Waals surface area contributed by atoms with Crippen LogP contribution in [0.2, 0.25) is 0 Å². The van der Waals surface area contributed by atoms with Crippen LogP contribution in [0.25, 0.3) is 16.8 Å². The molecule has 0 atom stereocenters. The third-order valence-corrected chi connectivity index (χ3v) is 3.38. The van der Waals surface area contributed by atoms with E-state index in [0.29, 0.717) is 5.56 Å². The first kappa shape index (κ1) is 19.8. The molecule has 3 rings (SSSR count). The van der Waals surface area contributed by atoms with Gasteiger partial charge in [-0.1, -0.05) is 0 Å². The number of urea groups is 1. The average Bonchev–Trinajstić information content (AvgIpc) is 3.28. The van der Waals surface area contributed by atoms with Crippen LogP contribution in [0.1, 0.15) is 16.1 Å². The molecule has 0 fully saturated rings. The van der Waals surface area contributed by atoms with Crippen molar-refractivity contribution in [3.63, 3.8) is 0 Å². The smallest absolute Gasteiger partial charge is 0.420 e. The van der Waals surface area contributed by atoms with Crippen molar-refractivity contribution in [1.29, 1.82) is 0 Å². The molecule has 0 radical (unpaired) electrons. The van der Waals surface area contributed by atoms with Gasteiger partial charge in [-0.15, -0.1) is 0 Å². The molecule has 27 heavy (non-hydrogen) atoms. The highest BCUT2D eigenvalue weighted by Gasteiger charge is 2.35. The minimum Gasteiger partial charge on any atom is -0.476 e. The maximum absolute atomic E-state index is 13.1. The van der Waals surface area contributed by atoms with Crippen molar-refractivity contribution in [3.05, 3.63) is 48.3 Å². The van der Waals surface area contributed by atoms with E-state index in [1.807, 2.05) is 0 Å². The molecule has 3 aromatic heterocycles. The van der Waals surface area contributed by atoms with Crippen LogP contribution in [0.5, 0.6) is 0 Å². The molecule has 144 valence electrons. The van der Waals surface area contributed by atoms with Crippen LogP contribution in [0, 0.1) is 0 Å². The zero-order valence-electron chi connectivity index (χ0n) is 14.2. The molecule has 3 N–H and O–H groups in total. The topological polar surface area (TPSA) is 109 Å². The van der Waals surface area contributed by atoms with Gasteiger partial charge in [0.1, 0.15) is 5.65 Å². The summed E-state index contributed by atoms with van der Waals surface area (Å²) in [5.41, 5.74) is -1.21. The first-order chi connectivity index (χ1) is 12.7. The summed E-state index contributed by atoms with van der Waals surface area (Å²) in [6, 6.07) is 2.27. The molecule has 3 heterocycles. The number of hydrogen-bond acceptors (Lipinski definition) is 4. The molecule has 0 spiro atoms. The summed E-state index contributed by atoms with van der Waals surface area (Å²) in [5.74, 6) is -1.39. The number of alkyl halides is 3. The van der Waals surface area contributed by atoms with Crippen LogP contribution < -0.4 is 10.6 Å². The number of aromatic nitrogens is 2. The Bertz CT molecular complexity index is 943. The Morgan fingerprint density at radius 2 is 1.85 bits per heavy atom. The normalized spacial score (nSPS) is 10.9. The lowest BCUT2D eigenvalue weighted by atomic mass is 10.1. The molecule has 2 amide bonds. The number of rotatable bonds is 2. The standard InChI is InChI=1S/C13H7F3N2O3.C3H8N2O/c14-13(15,16)9-3-8(7-1-2-21-6-7)4-18-5-10(12(19)20)17-11(9)18;1-4-3(6)5-2/h1-6H,(H,19,20);1-2H3,(H2,4,5,6). The molecule has 0 aliphatic rings. The second kappa shape index (κ2) is 7.81. The van der Waals surface area contributed by atoms with Gasteiger partial charge in [0.05, 0.1) is 18.1 Å². The predicted molar refractivity (Wildman–Crippen MR) is 88.4 cm³/mol. The number of halogens is 3. The first-order valence-corrected chi connectivity index (χ1v) is 7.42. The minimum atomic E-state index is -4.65. The van der Waals surface area contributed by atoms with Crippen LogP contribution >= 0.6 is 0 Å². The van der Waals surface area contributed by atoms with E-state index in [2.05, 4.69) is 15.6 Å². The first-order valence-electron chi connectivity index (χ1n) is 7.42. The number of imidazole rings is 1. The van der Waals surface area contributed by atoms with E-state index in [9.17, 15) is 22.8 Å². The lowest BCUT2D eigenvalue weighted by molar-refractivity contribution is -0.136. The highest BCUT2D eigenvalue weighted by atomic mass is 19.4. The summed E-state index contributed by atoms with van der Waals surface area (Å²) in [5, 5.41) is 13.6. The molecule has 3 aromatic rings. The van der Waals surface area contributed by atoms with Crippen molar-refractivity contribution in [3.8, 4) is 11.1 Å². The SMILES string of the molecule is CNC(=O)NC.O=C(O)c1cn2cc(-c3ccoc3)cc(C(F)(F)F)c2n1. The quantitative estimate of drug-likeness (QED) is 0.630. The summed E-state index contributed by atoms with van der Waals surface area (Å²) in [4.78, 5) is 24.4. The molecular weight excluding hydrogens is 369 g/mol. The molecule has 0 aliphatic heterocycles. The number of fused-ring (bicyclic) bond motifs is 1. The third kappa shape index (κ3) is 4.57. The molecule has 0 bridgehead atoms. The zero-order valence-corrected chi connectivity index (χ0v) is 14.2. The molecule has 0 saturated heterocycles. The monoisotopic (exact) mass is 384 g/mol. The van der Waals surface area contributed by atoms with Crippen LogP contribution in [0.4, 0.5) is 18.0 Å². The van der Waals surface area contributed by atoms with Crippen molar-refractivity contribution >= 4 is 17.6 Å². The number of amides is 2. The molecule has 0 saturated carbocycles. The number of nitrogens with zero attached hydrogens (tertiary/aromatic N) is 2. The summed E-state index contributed by atoms with van der Waals surface area (Å²) >= 11 is 0. The van der Waals surface area contributed by atoms with Crippen molar-refractivity contribution in [1.82, 2.24) is 20.0 Å². The summed E-state index contributed by atoms with van der Waals surface area (Å²) < 4.78 is 45.3. The van der Waals surface area contributed by atoms with Crippen LogP contribution in [0.3, 0.4) is 0 Å². The predicted octanol–water partition coefficient (Wildman–Crippen LogP) is 2.86. The van der Waals surface area contributed by atoms with Crippen molar-refractivity contribution < 1.29 is 32.3 Å². The molecule has 0 unspecified atom stereocenters. The van der Waals surface area contributed by atoms with Crippen molar-refractivity contribution in [2.45, 2.75) is 6.18 Å². The Kier molecular flexibility index (Phi) is 5.73. The van der Waals surface area contributed by atoms with Crippen LogP contribution in [-0.2, 0) is 6.18 Å². The number of pyridine rings is 1. The van der Waals surface area contributed by atoms with Crippen LogP contribution in [-0.4, -0.2) is 40.6 Å². The fraction of sp³-hybridized carbons (Fsp3) is 0.188. The van der Waals surface area contributed by atoms with Gasteiger partial charge in [-0.2, -0.15) is 13.2 Å². The number of aromatic carboxylic acids is 1. The Hall–Kier alpha value is -3.50. The Morgan fingerprint density at radius 1 is 1.19 bits per heavy atom. The van der Waals surface area contributed by atoms with E-state index >= 15 is 0 Å². The lowest BCUT2D eigenvalue weighted by Gasteiger charge is -2.10. The number of carbonyl (C=O) groups is 2. The van der Waals surface area contributed by atoms with E-state index in [1.165, 1.54) is 24.8 Å². The Labute approximate surface area is 150 Å². The van der Waals surface area contributed by atoms with Gasteiger partial charge in [0.25, 0.3) is 0 Å². The van der Waals surface area contributed by atoms with E-state index < -0.39 is 29.1 Å². The zero-order chi connectivity index (χ0) is 20.2. The highest BCUT2D eigenvalue weighted by Crippen LogP contribution is 2.35. The molecular formula is C16H15F3N4O4. The number of carboxylic acid groups (broad SMARTS) is 1. The average molecular weight is 384 g/mol. The van der Waals surface area contributed by atoms with Gasteiger partial charge >= 0.3 is 18.2 Å². The molecule has 0 aromatic carbocycles. The van der Waals surface area contributed by atoms with Gasteiger partial charge < -0.3 is 24.6 Å². The van der Waals surface area contributed by atoms with Crippen molar-refractivity contribution in [2.24, 2.45) is 0 Å². The van der Waals surface area contributed by atoms with Gasteiger partial charge in [0.2, 0.25) is 0 Å². The fourth-order valence-electron chi connectivity index (χ4n) is 2.12. The second-order valence-electron chi connectivity index (χ2n) is 5.14. The highest BCUT2D eigenvalue weighted by molar-refractivity contribution is 5.86. The largest absolute Gasteiger partial charge is 0.476 e. The van der Waals surface area contributed by atoms with E-state index in [1.54, 1.807) is 14.1 Å². The Balaban J connectivity index is 0.000000380. The Morgan fingerprint density at radius 3 is 2.30 bits per heavy atom. The third-order valence-electron chi connectivity index (χ3n) is 3.38. The van der Waals surface area contributed by atoms with E-state index in [-0.39, 0.29) is 11.6 Å². The summed E-state index contributed by atoms with van der Waals surface area (Å²) in [6.07, 6.45) is 0.396. The van der Waals surface area contributed by atoms with Gasteiger partial charge in [0.15, 0.2) is 5.69 Å². The maximum atomic E-state index is 13.1. The summed E-state index contributed by atoms with van der Waals surface area (Å²) in [7, 11) is 3.14. The summed E-state index contributed by atoms with van der Waals surface area (Å²) in [6.45, 7) is 0. The molecule has 0 aliphatic carbocycles. The second-order valence-corrected chi connectivity index (χ2v) is 5.14. The van der Waals surface area contributed by atoms with Gasteiger partial charge in [-0.3, -0.25) is 0 Å². The number of carbonyl (C=O) groups excluding carboxylic acids is 1. The van der Waals surface area contributed by atoms with Crippen LogP contribution in [0.15, 0.2) is 41.5 Å².